The highest BCUT2D eigenvalue weighted by Crippen LogP contribution is 2.25. The molecule has 0 heterocycles. The second-order valence-corrected chi connectivity index (χ2v) is 4.74. The highest BCUT2D eigenvalue weighted by Gasteiger charge is 2.06. The van der Waals surface area contributed by atoms with Crippen molar-refractivity contribution in [3.63, 3.8) is 0 Å². The first-order valence-electron chi connectivity index (χ1n) is 6.54. The van der Waals surface area contributed by atoms with Crippen LogP contribution < -0.4 is 4.90 Å². The molecule has 0 spiro atoms. The summed E-state index contributed by atoms with van der Waals surface area (Å²) in [5, 5.41) is 0. The number of aldehydes is 1. The summed E-state index contributed by atoms with van der Waals surface area (Å²) in [5.41, 5.74) is 5.33. The molecule has 0 aliphatic carbocycles. The van der Waals surface area contributed by atoms with Crippen LogP contribution in [0.5, 0.6) is 0 Å². The summed E-state index contributed by atoms with van der Waals surface area (Å²) in [4.78, 5) is 13.0. The van der Waals surface area contributed by atoms with Gasteiger partial charge in [0, 0.05) is 24.0 Å². The molecular formula is C17H19NO. The van der Waals surface area contributed by atoms with Crippen LogP contribution in [-0.2, 0) is 6.42 Å². The van der Waals surface area contributed by atoms with Gasteiger partial charge < -0.3 is 4.90 Å². The maximum atomic E-state index is 10.8. The van der Waals surface area contributed by atoms with Crippen LogP contribution in [0.3, 0.4) is 0 Å². The molecule has 0 aromatic heterocycles. The minimum atomic E-state index is 0.749. The molecule has 2 aromatic carbocycles. The van der Waals surface area contributed by atoms with Gasteiger partial charge in [-0.05, 0) is 54.8 Å². The number of carbonyl (C=O) groups is 1. The lowest BCUT2D eigenvalue weighted by atomic mass is 10.1. The number of aryl methyl sites for hydroxylation is 2. The van der Waals surface area contributed by atoms with Crippen LogP contribution >= 0.6 is 0 Å². The number of rotatable bonds is 4. The van der Waals surface area contributed by atoms with Gasteiger partial charge in [0.15, 0.2) is 0 Å². The Bertz CT molecular complexity index is 572. The first kappa shape index (κ1) is 13.3. The molecule has 2 rings (SSSR count). The molecule has 0 fully saturated rings. The van der Waals surface area contributed by atoms with Gasteiger partial charge in [-0.2, -0.15) is 0 Å². The predicted octanol–water partition coefficient (Wildman–Crippen LogP) is 4.14. The maximum Gasteiger partial charge on any atom is 0.150 e. The Morgan fingerprint density at radius 1 is 1.05 bits per heavy atom. The van der Waals surface area contributed by atoms with E-state index in [1.165, 1.54) is 5.56 Å². The molecule has 0 saturated heterocycles. The van der Waals surface area contributed by atoms with E-state index in [-0.39, 0.29) is 0 Å². The van der Waals surface area contributed by atoms with Gasteiger partial charge in [-0.1, -0.05) is 19.1 Å². The quantitative estimate of drug-likeness (QED) is 0.763. The van der Waals surface area contributed by atoms with Gasteiger partial charge >= 0.3 is 0 Å². The van der Waals surface area contributed by atoms with Crippen molar-refractivity contribution in [2.24, 2.45) is 0 Å². The lowest BCUT2D eigenvalue weighted by Gasteiger charge is -2.20. The fourth-order valence-electron chi connectivity index (χ4n) is 2.11. The molecule has 0 N–H and O–H groups in total. The topological polar surface area (TPSA) is 20.3 Å². The summed E-state index contributed by atoms with van der Waals surface area (Å²) in [6, 6.07) is 14.4. The van der Waals surface area contributed by atoms with E-state index in [0.717, 1.165) is 35.2 Å². The standard InChI is InChI=1S/C17H19NO/c1-4-14-5-8-16(9-6-14)18(3)17-10-7-15(12-19)13(2)11-17/h5-12H,4H2,1-3H3. The number of hydrogen-bond donors (Lipinski definition) is 0. The summed E-state index contributed by atoms with van der Waals surface area (Å²) in [7, 11) is 2.04. The van der Waals surface area contributed by atoms with Crippen LogP contribution in [0.25, 0.3) is 0 Å². The zero-order valence-corrected chi connectivity index (χ0v) is 11.7. The van der Waals surface area contributed by atoms with E-state index in [1.54, 1.807) is 0 Å². The average molecular weight is 253 g/mol. The van der Waals surface area contributed by atoms with Crippen molar-refractivity contribution in [2.75, 3.05) is 11.9 Å². The molecule has 2 heteroatoms. The Labute approximate surface area is 114 Å². The number of anilines is 2. The molecule has 0 aliphatic rings. The van der Waals surface area contributed by atoms with Gasteiger partial charge in [-0.3, -0.25) is 4.79 Å². The number of nitrogens with zero attached hydrogens (tertiary/aromatic N) is 1. The molecule has 0 unspecified atom stereocenters. The van der Waals surface area contributed by atoms with Gasteiger partial charge in [0.25, 0.3) is 0 Å². The monoisotopic (exact) mass is 253 g/mol. The van der Waals surface area contributed by atoms with Crippen molar-refractivity contribution < 1.29 is 4.79 Å². The van der Waals surface area contributed by atoms with Crippen LogP contribution in [0.15, 0.2) is 42.5 Å². The van der Waals surface area contributed by atoms with E-state index in [4.69, 9.17) is 0 Å². The lowest BCUT2D eigenvalue weighted by molar-refractivity contribution is 0.112. The number of carbonyl (C=O) groups excluding carboxylic acids is 1. The molecule has 19 heavy (non-hydrogen) atoms. The Hall–Kier alpha value is -2.09. The number of benzene rings is 2. The fourth-order valence-corrected chi connectivity index (χ4v) is 2.11. The summed E-state index contributed by atoms with van der Waals surface area (Å²) < 4.78 is 0. The lowest BCUT2D eigenvalue weighted by Crippen LogP contribution is -2.09. The Morgan fingerprint density at radius 3 is 2.21 bits per heavy atom. The minimum Gasteiger partial charge on any atom is -0.345 e. The van der Waals surface area contributed by atoms with E-state index in [2.05, 4.69) is 36.1 Å². The second-order valence-electron chi connectivity index (χ2n) is 4.74. The van der Waals surface area contributed by atoms with Gasteiger partial charge in [0.05, 0.1) is 0 Å². The van der Waals surface area contributed by atoms with E-state index >= 15 is 0 Å². The Kier molecular flexibility index (Phi) is 4.00. The zero-order chi connectivity index (χ0) is 13.8. The highest BCUT2D eigenvalue weighted by atomic mass is 16.1. The average Bonchev–Trinajstić information content (AvgIpc) is 2.46. The van der Waals surface area contributed by atoms with Gasteiger partial charge in [-0.15, -0.1) is 0 Å². The van der Waals surface area contributed by atoms with Gasteiger partial charge in [-0.25, -0.2) is 0 Å². The third-order valence-corrected chi connectivity index (χ3v) is 3.50. The third-order valence-electron chi connectivity index (χ3n) is 3.50. The van der Waals surface area contributed by atoms with Gasteiger partial charge in [0.2, 0.25) is 0 Å². The van der Waals surface area contributed by atoms with Crippen LogP contribution in [0.2, 0.25) is 0 Å². The largest absolute Gasteiger partial charge is 0.345 e. The van der Waals surface area contributed by atoms with Crippen LogP contribution in [-0.4, -0.2) is 13.3 Å². The van der Waals surface area contributed by atoms with Crippen molar-refractivity contribution in [2.45, 2.75) is 20.3 Å². The summed E-state index contributed by atoms with van der Waals surface area (Å²) in [6.45, 7) is 4.11. The van der Waals surface area contributed by atoms with E-state index in [1.807, 2.05) is 32.2 Å². The highest BCUT2D eigenvalue weighted by molar-refractivity contribution is 5.79. The van der Waals surface area contributed by atoms with Crippen molar-refractivity contribution in [3.05, 3.63) is 59.2 Å². The molecule has 98 valence electrons. The molecular weight excluding hydrogens is 234 g/mol. The normalized spacial score (nSPS) is 10.3. The molecule has 2 nitrogen and oxygen atoms in total. The first-order chi connectivity index (χ1) is 9.15. The summed E-state index contributed by atoms with van der Waals surface area (Å²) in [5.74, 6) is 0. The summed E-state index contributed by atoms with van der Waals surface area (Å²) in [6.07, 6.45) is 1.95. The SMILES string of the molecule is CCc1ccc(N(C)c2ccc(C=O)c(C)c2)cc1. The zero-order valence-electron chi connectivity index (χ0n) is 11.7. The van der Waals surface area contributed by atoms with E-state index < -0.39 is 0 Å². The van der Waals surface area contributed by atoms with E-state index in [0.29, 0.717) is 0 Å². The molecule has 0 radical (unpaired) electrons. The van der Waals surface area contributed by atoms with E-state index in [9.17, 15) is 4.79 Å². The first-order valence-corrected chi connectivity index (χ1v) is 6.54. The Morgan fingerprint density at radius 2 is 1.68 bits per heavy atom. The van der Waals surface area contributed by atoms with Crippen molar-refractivity contribution in [3.8, 4) is 0 Å². The summed E-state index contributed by atoms with van der Waals surface area (Å²) >= 11 is 0. The molecule has 0 bridgehead atoms. The van der Waals surface area contributed by atoms with Crippen molar-refractivity contribution in [1.82, 2.24) is 0 Å². The number of hydrogen-bond acceptors (Lipinski definition) is 2. The predicted molar refractivity (Wildman–Crippen MR) is 80.4 cm³/mol. The smallest absolute Gasteiger partial charge is 0.150 e. The van der Waals surface area contributed by atoms with Crippen molar-refractivity contribution >= 4 is 17.7 Å². The second kappa shape index (κ2) is 5.70. The minimum absolute atomic E-state index is 0.749. The van der Waals surface area contributed by atoms with Crippen LogP contribution in [0.1, 0.15) is 28.4 Å². The molecule has 2 aromatic rings. The van der Waals surface area contributed by atoms with Crippen LogP contribution in [0.4, 0.5) is 11.4 Å². The Balaban J connectivity index is 2.29. The maximum absolute atomic E-state index is 10.8. The molecule has 0 amide bonds. The molecule has 0 aliphatic heterocycles. The van der Waals surface area contributed by atoms with Gasteiger partial charge in [0.1, 0.15) is 6.29 Å². The molecule has 0 saturated carbocycles. The van der Waals surface area contributed by atoms with Crippen molar-refractivity contribution in [1.29, 1.82) is 0 Å². The third kappa shape index (κ3) is 2.84. The molecule has 0 atom stereocenters. The fraction of sp³-hybridized carbons (Fsp3) is 0.235. The van der Waals surface area contributed by atoms with Crippen LogP contribution in [0, 0.1) is 6.92 Å².